The second-order valence-electron chi connectivity index (χ2n) is 7.54. The first-order valence-corrected chi connectivity index (χ1v) is 11.0. The van der Waals surface area contributed by atoms with Crippen molar-refractivity contribution >= 4 is 9.84 Å². The molecular formula is C21H27NO6S. The van der Waals surface area contributed by atoms with Crippen molar-refractivity contribution in [2.45, 2.75) is 43.5 Å². The first-order chi connectivity index (χ1) is 13.7. The lowest BCUT2D eigenvalue weighted by molar-refractivity contribution is -0.139. The second kappa shape index (κ2) is 8.61. The standard InChI is InChI=1S/C21H27NO6S/c1-14(2)11-15(3)22(23)21(16-5-10-19-20(12-16)28-13-27-19)29(24,25)18-8-6-17(26-4)7-9-18/h5-10,12,14-15,21,23H,11,13H2,1-4H3/t15-,21?/m1/s1. The Hall–Kier alpha value is -2.29. The van der Waals surface area contributed by atoms with Crippen LogP contribution in [0.5, 0.6) is 17.2 Å². The number of rotatable bonds is 8. The highest BCUT2D eigenvalue weighted by molar-refractivity contribution is 7.91. The van der Waals surface area contributed by atoms with Crippen LogP contribution in [0.1, 0.15) is 38.1 Å². The van der Waals surface area contributed by atoms with Gasteiger partial charge in [0.15, 0.2) is 16.9 Å². The van der Waals surface area contributed by atoms with E-state index in [1.165, 1.54) is 19.2 Å². The fraction of sp³-hybridized carbons (Fsp3) is 0.429. The van der Waals surface area contributed by atoms with Crippen LogP contribution in [0.3, 0.4) is 0 Å². The van der Waals surface area contributed by atoms with Crippen LogP contribution in [-0.4, -0.2) is 38.6 Å². The average molecular weight is 422 g/mol. The third-order valence-electron chi connectivity index (χ3n) is 4.87. The number of methoxy groups -OCH3 is 1. The number of nitrogens with zero attached hydrogens (tertiary/aromatic N) is 1. The Kier molecular flexibility index (Phi) is 6.36. The Labute approximate surface area is 171 Å². The Bertz CT molecular complexity index is 942. The molecule has 1 unspecified atom stereocenters. The van der Waals surface area contributed by atoms with Gasteiger partial charge in [0.2, 0.25) is 16.6 Å². The quantitative estimate of drug-likeness (QED) is 0.644. The fourth-order valence-electron chi connectivity index (χ4n) is 3.46. The molecule has 0 saturated carbocycles. The van der Waals surface area contributed by atoms with E-state index >= 15 is 0 Å². The molecule has 2 aromatic rings. The molecule has 29 heavy (non-hydrogen) atoms. The van der Waals surface area contributed by atoms with E-state index in [0.717, 1.165) is 5.06 Å². The summed E-state index contributed by atoms with van der Waals surface area (Å²) in [6, 6.07) is 10.7. The smallest absolute Gasteiger partial charge is 0.231 e. The van der Waals surface area contributed by atoms with Crippen molar-refractivity contribution in [2.24, 2.45) is 5.92 Å². The molecular weight excluding hydrogens is 394 g/mol. The van der Waals surface area contributed by atoms with E-state index in [4.69, 9.17) is 14.2 Å². The second-order valence-corrected chi connectivity index (χ2v) is 9.55. The van der Waals surface area contributed by atoms with Crippen LogP contribution in [-0.2, 0) is 9.84 Å². The van der Waals surface area contributed by atoms with Crippen molar-refractivity contribution in [2.75, 3.05) is 13.9 Å². The van der Waals surface area contributed by atoms with Crippen molar-refractivity contribution in [1.29, 1.82) is 0 Å². The van der Waals surface area contributed by atoms with Crippen molar-refractivity contribution in [1.82, 2.24) is 5.06 Å². The first kappa shape index (κ1) is 21.4. The van der Waals surface area contributed by atoms with E-state index in [2.05, 4.69) is 0 Å². The van der Waals surface area contributed by atoms with Gasteiger partial charge in [-0.1, -0.05) is 19.9 Å². The zero-order valence-electron chi connectivity index (χ0n) is 17.0. The van der Waals surface area contributed by atoms with E-state index in [-0.39, 0.29) is 17.7 Å². The molecule has 8 heteroatoms. The van der Waals surface area contributed by atoms with E-state index in [1.807, 2.05) is 20.8 Å². The summed E-state index contributed by atoms with van der Waals surface area (Å²) in [5.74, 6) is 1.86. The number of benzene rings is 2. The number of fused-ring (bicyclic) bond motifs is 1. The van der Waals surface area contributed by atoms with Crippen LogP contribution in [0.15, 0.2) is 47.4 Å². The number of hydroxylamine groups is 2. The number of hydrogen-bond donors (Lipinski definition) is 1. The third kappa shape index (κ3) is 4.49. The van der Waals surface area contributed by atoms with Gasteiger partial charge in [0.25, 0.3) is 0 Å². The van der Waals surface area contributed by atoms with Crippen LogP contribution >= 0.6 is 0 Å². The molecule has 0 bridgehead atoms. The van der Waals surface area contributed by atoms with Crippen molar-refractivity contribution in [3.05, 3.63) is 48.0 Å². The van der Waals surface area contributed by atoms with Gasteiger partial charge in [-0.05, 0) is 61.2 Å². The van der Waals surface area contributed by atoms with E-state index in [9.17, 15) is 13.6 Å². The minimum absolute atomic E-state index is 0.0846. The molecule has 1 aliphatic rings. The molecule has 3 rings (SSSR count). The van der Waals surface area contributed by atoms with Gasteiger partial charge < -0.3 is 19.4 Å². The summed E-state index contributed by atoms with van der Waals surface area (Å²) in [5.41, 5.74) is 0.406. The summed E-state index contributed by atoms with van der Waals surface area (Å²) >= 11 is 0. The first-order valence-electron chi connectivity index (χ1n) is 9.48. The molecule has 0 aliphatic carbocycles. The lowest BCUT2D eigenvalue weighted by Crippen LogP contribution is -2.38. The number of ether oxygens (including phenoxy) is 3. The van der Waals surface area contributed by atoms with Gasteiger partial charge in [-0.3, -0.25) is 0 Å². The van der Waals surface area contributed by atoms with Gasteiger partial charge in [-0.15, -0.1) is 0 Å². The minimum Gasteiger partial charge on any atom is -0.497 e. The maximum atomic E-state index is 13.5. The van der Waals surface area contributed by atoms with Gasteiger partial charge in [0.05, 0.1) is 12.0 Å². The van der Waals surface area contributed by atoms with Crippen LogP contribution in [0.25, 0.3) is 0 Å². The van der Waals surface area contributed by atoms with Crippen LogP contribution < -0.4 is 14.2 Å². The zero-order chi connectivity index (χ0) is 21.2. The summed E-state index contributed by atoms with van der Waals surface area (Å²) in [5, 5.41) is 10.6. The Balaban J connectivity index is 2.06. The Morgan fingerprint density at radius 1 is 1.07 bits per heavy atom. The molecule has 0 fully saturated rings. The summed E-state index contributed by atoms with van der Waals surface area (Å²) in [4.78, 5) is 0.0942. The average Bonchev–Trinajstić information content (AvgIpc) is 3.15. The van der Waals surface area contributed by atoms with E-state index in [0.29, 0.717) is 35.2 Å². The summed E-state index contributed by atoms with van der Waals surface area (Å²) in [6.45, 7) is 5.95. The summed E-state index contributed by atoms with van der Waals surface area (Å²) < 4.78 is 43.0. The fourth-order valence-corrected chi connectivity index (χ4v) is 5.23. The van der Waals surface area contributed by atoms with Gasteiger partial charge in [-0.2, -0.15) is 5.06 Å². The van der Waals surface area contributed by atoms with Crippen molar-refractivity contribution in [3.8, 4) is 17.2 Å². The molecule has 0 amide bonds. The maximum Gasteiger partial charge on any atom is 0.231 e. The summed E-state index contributed by atoms with van der Waals surface area (Å²) in [6.07, 6.45) is 0.635. The normalized spacial score (nSPS) is 15.6. The monoisotopic (exact) mass is 421 g/mol. The lowest BCUT2D eigenvalue weighted by atomic mass is 10.0. The van der Waals surface area contributed by atoms with Gasteiger partial charge in [0.1, 0.15) is 5.75 Å². The van der Waals surface area contributed by atoms with Crippen molar-refractivity contribution < 1.29 is 27.8 Å². The minimum atomic E-state index is -3.95. The molecule has 0 aromatic heterocycles. The number of hydrogen-bond acceptors (Lipinski definition) is 7. The zero-order valence-corrected chi connectivity index (χ0v) is 17.8. The van der Waals surface area contributed by atoms with E-state index < -0.39 is 15.2 Å². The largest absolute Gasteiger partial charge is 0.497 e. The van der Waals surface area contributed by atoms with Gasteiger partial charge in [0, 0.05) is 6.04 Å². The van der Waals surface area contributed by atoms with Crippen molar-refractivity contribution in [3.63, 3.8) is 0 Å². The highest BCUT2D eigenvalue weighted by Gasteiger charge is 2.37. The highest BCUT2D eigenvalue weighted by Crippen LogP contribution is 2.39. The number of sulfone groups is 1. The van der Waals surface area contributed by atoms with Crippen LogP contribution in [0, 0.1) is 5.92 Å². The predicted molar refractivity (Wildman–Crippen MR) is 108 cm³/mol. The van der Waals surface area contributed by atoms with Crippen LogP contribution in [0.2, 0.25) is 0 Å². The maximum absolute atomic E-state index is 13.5. The molecule has 2 aromatic carbocycles. The Morgan fingerprint density at radius 2 is 1.72 bits per heavy atom. The molecule has 0 radical (unpaired) electrons. The molecule has 1 heterocycles. The van der Waals surface area contributed by atoms with Gasteiger partial charge >= 0.3 is 0 Å². The van der Waals surface area contributed by atoms with Crippen LogP contribution in [0.4, 0.5) is 0 Å². The summed E-state index contributed by atoms with van der Waals surface area (Å²) in [7, 11) is -2.44. The molecule has 2 atom stereocenters. The molecule has 1 N–H and O–H groups in total. The molecule has 1 aliphatic heterocycles. The topological polar surface area (TPSA) is 85.3 Å². The SMILES string of the molecule is COc1ccc(S(=O)(=O)C(c2ccc3c(c2)OCO3)N(O)[C@H](C)CC(C)C)cc1. The third-order valence-corrected chi connectivity index (χ3v) is 6.87. The van der Waals surface area contributed by atoms with E-state index in [1.54, 1.807) is 30.3 Å². The lowest BCUT2D eigenvalue weighted by Gasteiger charge is -2.32. The molecule has 7 nitrogen and oxygen atoms in total. The molecule has 0 saturated heterocycles. The molecule has 0 spiro atoms. The highest BCUT2D eigenvalue weighted by atomic mass is 32.2. The predicted octanol–water partition coefficient (Wildman–Crippen LogP) is 4.02. The van der Waals surface area contributed by atoms with Gasteiger partial charge in [-0.25, -0.2) is 8.42 Å². The molecule has 158 valence electrons. The Morgan fingerprint density at radius 3 is 2.34 bits per heavy atom.